The molecule has 0 saturated carbocycles. The number of hydrazine groups is 1. The van der Waals surface area contributed by atoms with Crippen LogP contribution in [0.3, 0.4) is 0 Å². The second kappa shape index (κ2) is 5.59. The summed E-state index contributed by atoms with van der Waals surface area (Å²) in [5, 5.41) is 9.57. The van der Waals surface area contributed by atoms with Crippen molar-refractivity contribution in [1.29, 1.82) is 0 Å². The summed E-state index contributed by atoms with van der Waals surface area (Å²) in [6.45, 7) is 2.52. The lowest BCUT2D eigenvalue weighted by Crippen LogP contribution is -2.37. The van der Waals surface area contributed by atoms with Gasteiger partial charge in [0.05, 0.1) is 11.0 Å². The van der Waals surface area contributed by atoms with Crippen molar-refractivity contribution in [2.45, 2.75) is 25.5 Å². The van der Waals surface area contributed by atoms with E-state index in [1.165, 1.54) is 11.3 Å². The highest BCUT2D eigenvalue weighted by Crippen LogP contribution is 2.20. The summed E-state index contributed by atoms with van der Waals surface area (Å²) in [6.07, 6.45) is 1.71. The molecule has 1 aliphatic heterocycles. The largest absolute Gasteiger partial charge is 0.392 e. The van der Waals surface area contributed by atoms with E-state index in [4.69, 9.17) is 5.84 Å². The Kier molecular flexibility index (Phi) is 4.11. The molecule has 1 atom stereocenters. The molecule has 1 unspecified atom stereocenters. The number of piperidine rings is 1. The van der Waals surface area contributed by atoms with E-state index in [9.17, 15) is 9.90 Å². The van der Waals surface area contributed by atoms with E-state index in [-0.39, 0.29) is 12.0 Å². The normalized spacial score (nSPS) is 21.4. The first-order valence-electron chi connectivity index (χ1n) is 5.69. The number of hydrogen-bond donors (Lipinski definition) is 3. The summed E-state index contributed by atoms with van der Waals surface area (Å²) < 4.78 is 0. The number of amides is 1. The van der Waals surface area contributed by atoms with Crippen molar-refractivity contribution in [3.8, 4) is 0 Å². The van der Waals surface area contributed by atoms with Crippen LogP contribution in [0.5, 0.6) is 0 Å². The topological polar surface area (TPSA) is 78.6 Å². The van der Waals surface area contributed by atoms with E-state index < -0.39 is 0 Å². The minimum atomic E-state index is -0.250. The molecule has 5 nitrogen and oxygen atoms in total. The fourth-order valence-electron chi connectivity index (χ4n) is 2.05. The Morgan fingerprint density at radius 1 is 1.65 bits per heavy atom. The number of nitrogen functional groups attached to an aromatic ring is 1. The third kappa shape index (κ3) is 3.26. The van der Waals surface area contributed by atoms with Crippen LogP contribution in [-0.2, 0) is 6.54 Å². The minimum absolute atomic E-state index is 0.212. The van der Waals surface area contributed by atoms with Crippen LogP contribution in [0.15, 0.2) is 12.1 Å². The molecule has 1 aliphatic rings. The molecule has 2 rings (SSSR count). The molecule has 0 aliphatic carbocycles. The highest BCUT2D eigenvalue weighted by Gasteiger charge is 2.18. The maximum absolute atomic E-state index is 11.3. The quantitative estimate of drug-likeness (QED) is 0.412. The van der Waals surface area contributed by atoms with Crippen molar-refractivity contribution in [1.82, 2.24) is 10.3 Å². The van der Waals surface area contributed by atoms with Crippen LogP contribution in [0.25, 0.3) is 0 Å². The van der Waals surface area contributed by atoms with E-state index in [1.807, 2.05) is 6.07 Å². The van der Waals surface area contributed by atoms with Gasteiger partial charge in [0.25, 0.3) is 5.91 Å². The maximum atomic E-state index is 11.3. The predicted molar refractivity (Wildman–Crippen MR) is 66.5 cm³/mol. The summed E-state index contributed by atoms with van der Waals surface area (Å²) in [7, 11) is 0. The Morgan fingerprint density at radius 2 is 2.47 bits per heavy atom. The van der Waals surface area contributed by atoms with Gasteiger partial charge in [-0.1, -0.05) is 0 Å². The molecule has 94 valence electrons. The number of β-amino-alcohol motifs (C(OH)–C–C–N with tert-alkyl or cyclic N) is 1. The highest BCUT2D eigenvalue weighted by atomic mass is 32.1. The lowest BCUT2D eigenvalue weighted by atomic mass is 10.1. The summed E-state index contributed by atoms with van der Waals surface area (Å²) in [5.74, 6) is 4.83. The highest BCUT2D eigenvalue weighted by molar-refractivity contribution is 7.14. The number of nitrogens with zero attached hydrogens (tertiary/aromatic N) is 1. The average molecular weight is 255 g/mol. The van der Waals surface area contributed by atoms with E-state index in [1.54, 1.807) is 6.07 Å². The molecule has 0 bridgehead atoms. The number of aliphatic hydroxyl groups excluding tert-OH is 1. The third-order valence-corrected chi connectivity index (χ3v) is 3.95. The molecule has 6 heteroatoms. The number of thiophene rings is 1. The van der Waals surface area contributed by atoms with Gasteiger partial charge in [0.1, 0.15) is 0 Å². The van der Waals surface area contributed by atoms with Gasteiger partial charge >= 0.3 is 0 Å². The summed E-state index contributed by atoms with van der Waals surface area (Å²) in [6, 6.07) is 3.72. The van der Waals surface area contributed by atoms with E-state index in [0.717, 1.165) is 37.4 Å². The minimum Gasteiger partial charge on any atom is -0.392 e. The lowest BCUT2D eigenvalue weighted by molar-refractivity contribution is 0.0673. The maximum Gasteiger partial charge on any atom is 0.275 e. The molecule has 0 spiro atoms. The monoisotopic (exact) mass is 255 g/mol. The van der Waals surface area contributed by atoms with Crippen LogP contribution < -0.4 is 11.3 Å². The summed E-state index contributed by atoms with van der Waals surface area (Å²) in [4.78, 5) is 15.3. The van der Waals surface area contributed by atoms with Gasteiger partial charge in [0.15, 0.2) is 0 Å². The number of carbonyl (C=O) groups excluding carboxylic acids is 1. The number of nitrogens with two attached hydrogens (primary N) is 1. The van der Waals surface area contributed by atoms with Crippen molar-refractivity contribution >= 4 is 17.2 Å². The molecule has 4 N–H and O–H groups in total. The van der Waals surface area contributed by atoms with E-state index in [2.05, 4.69) is 10.3 Å². The SMILES string of the molecule is NNC(=O)c1ccc(CN2CCCC(O)C2)s1. The molecule has 1 aromatic rings. The predicted octanol–water partition coefficient (Wildman–Crippen LogP) is 0.308. The van der Waals surface area contributed by atoms with Crippen LogP contribution in [0.2, 0.25) is 0 Å². The van der Waals surface area contributed by atoms with Crippen molar-refractivity contribution in [3.63, 3.8) is 0 Å². The van der Waals surface area contributed by atoms with Crippen LogP contribution >= 0.6 is 11.3 Å². The molecular weight excluding hydrogens is 238 g/mol. The van der Waals surface area contributed by atoms with Crippen LogP contribution in [0.1, 0.15) is 27.4 Å². The number of hydrogen-bond acceptors (Lipinski definition) is 5. The zero-order valence-electron chi connectivity index (χ0n) is 9.56. The van der Waals surface area contributed by atoms with E-state index in [0.29, 0.717) is 4.88 Å². The fourth-order valence-corrected chi connectivity index (χ4v) is 3.00. The fraction of sp³-hybridized carbons (Fsp3) is 0.545. The van der Waals surface area contributed by atoms with Crippen molar-refractivity contribution in [2.75, 3.05) is 13.1 Å². The second-order valence-electron chi connectivity index (χ2n) is 4.27. The molecule has 0 radical (unpaired) electrons. The first-order chi connectivity index (χ1) is 8.19. The number of aliphatic hydroxyl groups is 1. The first-order valence-corrected chi connectivity index (χ1v) is 6.51. The molecule has 0 aromatic carbocycles. The zero-order chi connectivity index (χ0) is 12.3. The van der Waals surface area contributed by atoms with Crippen molar-refractivity contribution in [3.05, 3.63) is 21.9 Å². The van der Waals surface area contributed by atoms with Crippen molar-refractivity contribution < 1.29 is 9.90 Å². The van der Waals surface area contributed by atoms with Gasteiger partial charge in [-0.05, 0) is 31.5 Å². The molecule has 17 heavy (non-hydrogen) atoms. The van der Waals surface area contributed by atoms with Crippen LogP contribution in [0.4, 0.5) is 0 Å². The summed E-state index contributed by atoms with van der Waals surface area (Å²) >= 11 is 1.45. The first kappa shape index (κ1) is 12.5. The molecule has 1 amide bonds. The van der Waals surface area contributed by atoms with Crippen LogP contribution in [0, 0.1) is 0 Å². The van der Waals surface area contributed by atoms with Gasteiger partial charge in [-0.15, -0.1) is 11.3 Å². The molecule has 1 aromatic heterocycles. The van der Waals surface area contributed by atoms with Crippen molar-refractivity contribution in [2.24, 2.45) is 5.84 Å². The van der Waals surface area contributed by atoms with E-state index >= 15 is 0 Å². The number of carbonyl (C=O) groups is 1. The Morgan fingerprint density at radius 3 is 3.18 bits per heavy atom. The standard InChI is InChI=1S/C11H17N3O2S/c12-13-11(16)10-4-3-9(17-10)7-14-5-1-2-8(15)6-14/h3-4,8,15H,1-2,5-7,12H2,(H,13,16). The molecular formula is C11H17N3O2S. The Labute approximate surface area is 104 Å². The second-order valence-corrected chi connectivity index (χ2v) is 5.44. The Bertz CT molecular complexity index is 394. The van der Waals surface area contributed by atoms with Gasteiger partial charge < -0.3 is 5.11 Å². The number of rotatable bonds is 3. The van der Waals surface area contributed by atoms with Gasteiger partial charge in [-0.25, -0.2) is 5.84 Å². The molecule has 1 fully saturated rings. The lowest BCUT2D eigenvalue weighted by Gasteiger charge is -2.29. The number of nitrogens with one attached hydrogen (secondary N) is 1. The van der Waals surface area contributed by atoms with Gasteiger partial charge in [-0.2, -0.15) is 0 Å². The van der Waals surface area contributed by atoms with Gasteiger partial charge in [0, 0.05) is 18.0 Å². The number of likely N-dealkylation sites (tertiary alicyclic amines) is 1. The summed E-state index contributed by atoms with van der Waals surface area (Å²) in [5.41, 5.74) is 2.12. The third-order valence-electron chi connectivity index (χ3n) is 2.88. The van der Waals surface area contributed by atoms with Gasteiger partial charge in [0.2, 0.25) is 0 Å². The molecule has 2 heterocycles. The van der Waals surface area contributed by atoms with Crippen LogP contribution in [-0.4, -0.2) is 35.1 Å². The smallest absolute Gasteiger partial charge is 0.275 e. The molecule has 1 saturated heterocycles. The average Bonchev–Trinajstić information content (AvgIpc) is 2.76. The Balaban J connectivity index is 1.94. The zero-order valence-corrected chi connectivity index (χ0v) is 10.4. The van der Waals surface area contributed by atoms with Gasteiger partial charge in [-0.3, -0.25) is 15.1 Å². The Hall–Kier alpha value is -0.950.